The zero-order valence-corrected chi connectivity index (χ0v) is 13.4. The minimum Gasteiger partial charge on any atom is -0.385 e. The van der Waals surface area contributed by atoms with Crippen LogP contribution < -0.4 is 10.3 Å². The van der Waals surface area contributed by atoms with Crippen LogP contribution in [-0.2, 0) is 13.1 Å². The van der Waals surface area contributed by atoms with Crippen LogP contribution in [0.4, 0.5) is 5.95 Å². The number of nitrogens with zero attached hydrogens (tertiary/aromatic N) is 2. The van der Waals surface area contributed by atoms with Gasteiger partial charge < -0.3 is 5.11 Å². The highest BCUT2D eigenvalue weighted by atomic mass is 35.5. The molecular formula is C18H19ClN3O+. The van der Waals surface area contributed by atoms with Gasteiger partial charge in [0.05, 0.1) is 6.54 Å². The Kier molecular flexibility index (Phi) is 4.37. The summed E-state index contributed by atoms with van der Waals surface area (Å²) in [6.45, 7) is 4.78. The van der Waals surface area contributed by atoms with Crippen LogP contribution in [0.15, 0.2) is 61.2 Å². The van der Waals surface area contributed by atoms with Crippen molar-refractivity contribution in [3.05, 3.63) is 71.8 Å². The van der Waals surface area contributed by atoms with Crippen molar-refractivity contribution in [3.63, 3.8) is 0 Å². The van der Waals surface area contributed by atoms with Crippen molar-refractivity contribution < 1.29 is 9.67 Å². The molecular weight excluding hydrogens is 310 g/mol. The molecule has 4 nitrogen and oxygen atoms in total. The number of rotatable bonds is 5. The summed E-state index contributed by atoms with van der Waals surface area (Å²) >= 11 is 5.90. The Morgan fingerprint density at radius 3 is 2.61 bits per heavy atom. The first-order valence-corrected chi connectivity index (χ1v) is 7.80. The fourth-order valence-corrected chi connectivity index (χ4v) is 2.92. The Morgan fingerprint density at radius 2 is 1.91 bits per heavy atom. The molecule has 0 radical (unpaired) electrons. The molecule has 3 aromatic rings. The van der Waals surface area contributed by atoms with E-state index in [1.807, 2.05) is 51.6 Å². The normalized spacial score (nSPS) is 12.4. The van der Waals surface area contributed by atoms with Crippen LogP contribution in [0.25, 0.3) is 11.0 Å². The fraction of sp³-hybridized carbons (Fsp3) is 0.167. The smallest absolute Gasteiger partial charge is 0.356 e. The van der Waals surface area contributed by atoms with E-state index in [-0.39, 0.29) is 0 Å². The maximum Gasteiger partial charge on any atom is 0.356 e. The molecule has 0 aliphatic rings. The van der Waals surface area contributed by atoms with Crippen molar-refractivity contribution >= 4 is 28.6 Å². The van der Waals surface area contributed by atoms with E-state index in [9.17, 15) is 5.11 Å². The third-order valence-electron chi connectivity index (χ3n) is 3.94. The summed E-state index contributed by atoms with van der Waals surface area (Å²) in [5, 5.41) is 11.2. The van der Waals surface area contributed by atoms with E-state index in [0.29, 0.717) is 24.1 Å². The minimum absolute atomic E-state index is 0.373. The summed E-state index contributed by atoms with van der Waals surface area (Å²) in [5.41, 5.74) is 9.11. The molecule has 5 heteroatoms. The highest BCUT2D eigenvalue weighted by molar-refractivity contribution is 6.30. The molecule has 23 heavy (non-hydrogen) atoms. The van der Waals surface area contributed by atoms with E-state index in [0.717, 1.165) is 16.6 Å². The molecule has 0 bridgehead atoms. The van der Waals surface area contributed by atoms with Crippen molar-refractivity contribution in [2.75, 3.05) is 5.73 Å². The number of anilines is 1. The van der Waals surface area contributed by atoms with Crippen LogP contribution in [0.2, 0.25) is 5.02 Å². The van der Waals surface area contributed by atoms with Gasteiger partial charge in [0.15, 0.2) is 0 Å². The maximum absolute atomic E-state index is 10.5. The van der Waals surface area contributed by atoms with Gasteiger partial charge in [-0.05, 0) is 29.8 Å². The summed E-state index contributed by atoms with van der Waals surface area (Å²) in [7, 11) is 0. The van der Waals surface area contributed by atoms with E-state index in [2.05, 4.69) is 6.58 Å². The van der Waals surface area contributed by atoms with E-state index >= 15 is 0 Å². The van der Waals surface area contributed by atoms with E-state index in [1.54, 1.807) is 12.1 Å². The Balaban J connectivity index is 2.01. The maximum atomic E-state index is 10.5. The number of benzene rings is 2. The molecule has 0 saturated carbocycles. The van der Waals surface area contributed by atoms with Crippen molar-refractivity contribution in [2.45, 2.75) is 19.2 Å². The van der Waals surface area contributed by atoms with Crippen molar-refractivity contribution in [1.29, 1.82) is 0 Å². The number of fused-ring (bicyclic) bond motifs is 1. The number of hydrogen-bond acceptors (Lipinski definition) is 2. The van der Waals surface area contributed by atoms with Gasteiger partial charge in [0.1, 0.15) is 23.7 Å². The number of halogens is 1. The second-order valence-corrected chi connectivity index (χ2v) is 5.86. The molecule has 0 aliphatic carbocycles. The predicted molar refractivity (Wildman–Crippen MR) is 93.2 cm³/mol. The molecule has 0 spiro atoms. The molecule has 0 amide bonds. The molecule has 0 fully saturated rings. The summed E-state index contributed by atoms with van der Waals surface area (Å²) in [4.78, 5) is 0. The lowest BCUT2D eigenvalue weighted by atomic mass is 10.1. The third kappa shape index (κ3) is 2.96. The molecule has 2 aromatic carbocycles. The van der Waals surface area contributed by atoms with Gasteiger partial charge in [-0.2, -0.15) is 0 Å². The van der Waals surface area contributed by atoms with E-state index < -0.39 is 6.10 Å². The molecule has 0 saturated heterocycles. The predicted octanol–water partition coefficient (Wildman–Crippen LogP) is 3.08. The highest BCUT2D eigenvalue weighted by Crippen LogP contribution is 2.20. The topological polar surface area (TPSA) is 55.1 Å². The average molecular weight is 329 g/mol. The van der Waals surface area contributed by atoms with Crippen LogP contribution in [0, 0.1) is 0 Å². The van der Waals surface area contributed by atoms with Gasteiger partial charge in [-0.15, -0.1) is 0 Å². The number of allylic oxidation sites excluding steroid dienone is 1. The lowest BCUT2D eigenvalue weighted by Crippen LogP contribution is -2.39. The van der Waals surface area contributed by atoms with Crippen molar-refractivity contribution in [2.24, 2.45) is 0 Å². The number of aliphatic hydroxyl groups excluding tert-OH is 1. The first-order chi connectivity index (χ1) is 11.1. The number of aromatic nitrogens is 2. The SMILES string of the molecule is C=CCn1c(N)[n+](CC(O)c2ccc(Cl)cc2)c2ccccc21. The molecule has 118 valence electrons. The van der Waals surface area contributed by atoms with Gasteiger partial charge in [0, 0.05) is 5.02 Å². The summed E-state index contributed by atoms with van der Waals surface area (Å²) < 4.78 is 3.91. The quantitative estimate of drug-likeness (QED) is 0.558. The largest absolute Gasteiger partial charge is 0.385 e. The van der Waals surface area contributed by atoms with E-state index in [1.165, 1.54) is 0 Å². The highest BCUT2D eigenvalue weighted by Gasteiger charge is 2.22. The third-order valence-corrected chi connectivity index (χ3v) is 4.19. The molecule has 1 aromatic heterocycles. The standard InChI is InChI=1S/C18H18ClN3O/c1-2-11-21-15-5-3-4-6-16(15)22(18(21)20)12-17(23)13-7-9-14(19)10-8-13/h2-10,17,20,23H,1,11-12H2/p+1. The van der Waals surface area contributed by atoms with Gasteiger partial charge in [-0.25, -0.2) is 9.13 Å². The Morgan fingerprint density at radius 1 is 1.22 bits per heavy atom. The Bertz CT molecular complexity index is 839. The average Bonchev–Trinajstić information content (AvgIpc) is 2.82. The molecule has 3 rings (SSSR count). The molecule has 3 N–H and O–H groups in total. The number of para-hydroxylation sites is 2. The fourth-order valence-electron chi connectivity index (χ4n) is 2.79. The number of nitrogen functional groups attached to an aromatic ring is 1. The van der Waals surface area contributed by atoms with Gasteiger partial charge in [-0.3, -0.25) is 5.73 Å². The van der Waals surface area contributed by atoms with Gasteiger partial charge >= 0.3 is 5.95 Å². The van der Waals surface area contributed by atoms with Crippen LogP contribution in [0.3, 0.4) is 0 Å². The van der Waals surface area contributed by atoms with Crippen LogP contribution >= 0.6 is 11.6 Å². The molecule has 0 aliphatic heterocycles. The zero-order chi connectivity index (χ0) is 16.4. The summed E-state index contributed by atoms with van der Waals surface area (Å²) in [5.74, 6) is 0.596. The second-order valence-electron chi connectivity index (χ2n) is 5.42. The number of imidazole rings is 1. The lowest BCUT2D eigenvalue weighted by Gasteiger charge is -2.10. The van der Waals surface area contributed by atoms with Crippen LogP contribution in [-0.4, -0.2) is 9.67 Å². The minimum atomic E-state index is -0.664. The molecule has 1 unspecified atom stereocenters. The first-order valence-electron chi connectivity index (χ1n) is 7.42. The lowest BCUT2D eigenvalue weighted by molar-refractivity contribution is -0.666. The van der Waals surface area contributed by atoms with Crippen molar-refractivity contribution in [1.82, 2.24) is 4.57 Å². The van der Waals surface area contributed by atoms with Gasteiger partial charge in [-0.1, -0.05) is 48.5 Å². The van der Waals surface area contributed by atoms with Crippen molar-refractivity contribution in [3.8, 4) is 0 Å². The monoisotopic (exact) mass is 328 g/mol. The van der Waals surface area contributed by atoms with Gasteiger partial charge in [0.25, 0.3) is 0 Å². The molecule has 1 heterocycles. The number of nitrogens with two attached hydrogens (primary N) is 1. The first kappa shape index (κ1) is 15.6. The second kappa shape index (κ2) is 6.44. The molecule has 1 atom stereocenters. The summed E-state index contributed by atoms with van der Waals surface area (Å²) in [6, 6.07) is 15.1. The Labute approximate surface area is 140 Å². The number of hydrogen-bond donors (Lipinski definition) is 2. The van der Waals surface area contributed by atoms with E-state index in [4.69, 9.17) is 17.3 Å². The van der Waals surface area contributed by atoms with Gasteiger partial charge in [0.2, 0.25) is 0 Å². The Hall–Kier alpha value is -2.30. The number of aliphatic hydroxyl groups is 1. The van der Waals surface area contributed by atoms with Crippen LogP contribution in [0.5, 0.6) is 0 Å². The van der Waals surface area contributed by atoms with Crippen LogP contribution in [0.1, 0.15) is 11.7 Å². The zero-order valence-electron chi connectivity index (χ0n) is 12.7. The summed E-state index contributed by atoms with van der Waals surface area (Å²) in [6.07, 6.45) is 1.14.